The van der Waals surface area contributed by atoms with Crippen LogP contribution in [0.2, 0.25) is 0 Å². The first-order valence-electron chi connectivity index (χ1n) is 5.64. The van der Waals surface area contributed by atoms with Gasteiger partial charge in [-0.15, -0.1) is 12.4 Å². The second-order valence-electron chi connectivity index (χ2n) is 3.88. The van der Waals surface area contributed by atoms with Crippen LogP contribution in [-0.4, -0.2) is 38.9 Å². The zero-order chi connectivity index (χ0) is 13.0. The van der Waals surface area contributed by atoms with Crippen LogP contribution in [0.5, 0.6) is 5.75 Å². The molecule has 3 N–H and O–H groups in total. The summed E-state index contributed by atoms with van der Waals surface area (Å²) in [5, 5.41) is 2.71. The number of nitrogens with one attached hydrogen (secondary N) is 1. The Bertz CT molecular complexity index is 436. The second-order valence-corrected chi connectivity index (χ2v) is 3.88. The van der Waals surface area contributed by atoms with Crippen LogP contribution in [0.25, 0.3) is 0 Å². The smallest absolute Gasteiger partial charge is 0.255 e. The molecule has 0 spiro atoms. The van der Waals surface area contributed by atoms with Gasteiger partial charge in [0.15, 0.2) is 6.10 Å². The maximum atomic E-state index is 11.9. The molecule has 1 fully saturated rings. The topological polar surface area (TPSA) is 82.8 Å². The number of carbonyl (C=O) groups excluding carboxylic acids is 1. The van der Waals surface area contributed by atoms with Gasteiger partial charge in [-0.05, 0) is 12.1 Å². The highest BCUT2D eigenvalue weighted by molar-refractivity contribution is 5.97. The lowest BCUT2D eigenvalue weighted by molar-refractivity contribution is -0.142. The van der Waals surface area contributed by atoms with Crippen molar-refractivity contribution in [3.63, 3.8) is 0 Å². The van der Waals surface area contributed by atoms with E-state index in [1.54, 1.807) is 25.3 Å². The van der Waals surface area contributed by atoms with Crippen molar-refractivity contribution >= 4 is 29.7 Å². The molecule has 1 heterocycles. The lowest BCUT2D eigenvalue weighted by atomic mass is 10.2. The summed E-state index contributed by atoms with van der Waals surface area (Å²) in [5.74, 6) is 0.356. The first kappa shape index (κ1) is 15.6. The number of hydrogen-bond donors (Lipinski definition) is 2. The fourth-order valence-corrected chi connectivity index (χ4v) is 1.62. The summed E-state index contributed by atoms with van der Waals surface area (Å²) < 4.78 is 15.5. The minimum Gasteiger partial charge on any atom is -0.497 e. The zero-order valence-corrected chi connectivity index (χ0v) is 11.4. The van der Waals surface area contributed by atoms with Crippen molar-refractivity contribution in [1.29, 1.82) is 0 Å². The minimum absolute atomic E-state index is 0. The van der Waals surface area contributed by atoms with Crippen molar-refractivity contribution in [3.05, 3.63) is 18.2 Å². The third-order valence-electron chi connectivity index (χ3n) is 2.63. The Morgan fingerprint density at radius 2 is 2.26 bits per heavy atom. The van der Waals surface area contributed by atoms with E-state index >= 15 is 0 Å². The first-order chi connectivity index (χ1) is 8.70. The normalized spacial score (nSPS) is 18.3. The van der Waals surface area contributed by atoms with Crippen molar-refractivity contribution in [3.8, 4) is 5.75 Å². The summed E-state index contributed by atoms with van der Waals surface area (Å²) in [4.78, 5) is 11.9. The van der Waals surface area contributed by atoms with Crippen molar-refractivity contribution in [2.75, 3.05) is 38.0 Å². The number of amides is 1. The van der Waals surface area contributed by atoms with Crippen molar-refractivity contribution in [2.24, 2.45) is 0 Å². The van der Waals surface area contributed by atoms with Gasteiger partial charge in [-0.2, -0.15) is 0 Å². The second kappa shape index (κ2) is 7.18. The molecule has 0 saturated carbocycles. The number of halogens is 1. The molecule has 6 nitrogen and oxygen atoms in total. The Kier molecular flexibility index (Phi) is 5.88. The number of carbonyl (C=O) groups is 1. The fraction of sp³-hybridized carbons (Fsp3) is 0.417. The van der Waals surface area contributed by atoms with E-state index in [4.69, 9.17) is 19.9 Å². The lowest BCUT2D eigenvalue weighted by Crippen LogP contribution is -2.39. The lowest BCUT2D eigenvalue weighted by Gasteiger charge is -2.22. The average Bonchev–Trinajstić information content (AvgIpc) is 2.42. The molecule has 7 heteroatoms. The van der Waals surface area contributed by atoms with Crippen molar-refractivity contribution < 1.29 is 19.0 Å². The van der Waals surface area contributed by atoms with E-state index in [2.05, 4.69) is 5.32 Å². The standard InChI is InChI=1S/C12H16N2O4.ClH/c1-16-8-2-3-9(13)10(6-8)14-12(15)11-7-17-4-5-18-11;/h2-3,6,11H,4-5,7,13H2,1H3,(H,14,15);1H. The molecule has 1 aliphatic rings. The molecule has 0 radical (unpaired) electrons. The van der Waals surface area contributed by atoms with E-state index in [1.807, 2.05) is 0 Å². The van der Waals surface area contributed by atoms with Gasteiger partial charge in [0.25, 0.3) is 5.91 Å². The highest BCUT2D eigenvalue weighted by Crippen LogP contribution is 2.24. The van der Waals surface area contributed by atoms with Gasteiger partial charge in [0.05, 0.1) is 38.3 Å². The van der Waals surface area contributed by atoms with Gasteiger partial charge in [-0.25, -0.2) is 0 Å². The number of ether oxygens (including phenoxy) is 3. The molecule has 0 bridgehead atoms. The van der Waals surface area contributed by atoms with Crippen molar-refractivity contribution in [2.45, 2.75) is 6.10 Å². The minimum atomic E-state index is -0.593. The van der Waals surface area contributed by atoms with Crippen LogP contribution in [0.15, 0.2) is 18.2 Å². The molecule has 2 rings (SSSR count). The molecule has 1 atom stereocenters. The van der Waals surface area contributed by atoms with Crippen molar-refractivity contribution in [1.82, 2.24) is 0 Å². The number of anilines is 2. The van der Waals surface area contributed by atoms with Crippen LogP contribution in [0.4, 0.5) is 11.4 Å². The number of hydrogen-bond acceptors (Lipinski definition) is 5. The van der Waals surface area contributed by atoms with Crippen LogP contribution < -0.4 is 15.8 Å². The molecular formula is C12H17ClN2O4. The average molecular weight is 289 g/mol. The summed E-state index contributed by atoms with van der Waals surface area (Å²) in [6.07, 6.45) is -0.593. The predicted octanol–water partition coefficient (Wildman–Crippen LogP) is 1.05. The van der Waals surface area contributed by atoms with E-state index in [0.29, 0.717) is 30.3 Å². The Morgan fingerprint density at radius 3 is 2.89 bits per heavy atom. The van der Waals surface area contributed by atoms with E-state index in [0.717, 1.165) is 0 Å². The van der Waals surface area contributed by atoms with Gasteiger partial charge >= 0.3 is 0 Å². The third-order valence-corrected chi connectivity index (χ3v) is 2.63. The van der Waals surface area contributed by atoms with Gasteiger partial charge in [-0.3, -0.25) is 4.79 Å². The molecule has 0 aliphatic carbocycles. The summed E-state index contributed by atoms with van der Waals surface area (Å²) in [6, 6.07) is 5.06. The highest BCUT2D eigenvalue weighted by atomic mass is 35.5. The first-order valence-corrected chi connectivity index (χ1v) is 5.64. The van der Waals surface area contributed by atoms with Gasteiger partial charge in [0, 0.05) is 6.07 Å². The van der Waals surface area contributed by atoms with Crippen LogP contribution >= 0.6 is 12.4 Å². The molecule has 1 amide bonds. The Hall–Kier alpha value is -1.50. The SMILES string of the molecule is COc1ccc(N)c(NC(=O)C2COCCO2)c1.Cl. The monoisotopic (exact) mass is 288 g/mol. The Morgan fingerprint density at radius 1 is 1.47 bits per heavy atom. The summed E-state index contributed by atoms with van der Waals surface area (Å²) in [7, 11) is 1.55. The number of rotatable bonds is 3. The molecule has 1 unspecified atom stereocenters. The van der Waals surface area contributed by atoms with Gasteiger partial charge in [0.1, 0.15) is 5.75 Å². The highest BCUT2D eigenvalue weighted by Gasteiger charge is 2.23. The molecule has 1 aromatic carbocycles. The van der Waals surface area contributed by atoms with Gasteiger partial charge in [0.2, 0.25) is 0 Å². The molecule has 1 aromatic rings. The van der Waals surface area contributed by atoms with E-state index < -0.39 is 6.10 Å². The molecular weight excluding hydrogens is 272 g/mol. The molecule has 0 aromatic heterocycles. The van der Waals surface area contributed by atoms with Gasteiger partial charge in [-0.1, -0.05) is 0 Å². The Labute approximate surface area is 117 Å². The number of nitrogen functional groups attached to an aromatic ring is 1. The Balaban J connectivity index is 0.00000180. The molecule has 1 saturated heterocycles. The predicted molar refractivity (Wildman–Crippen MR) is 73.8 cm³/mol. The number of nitrogens with two attached hydrogens (primary N) is 1. The van der Waals surface area contributed by atoms with E-state index in [-0.39, 0.29) is 24.9 Å². The zero-order valence-electron chi connectivity index (χ0n) is 10.5. The molecule has 19 heavy (non-hydrogen) atoms. The van der Waals surface area contributed by atoms with Crippen LogP contribution in [0.3, 0.4) is 0 Å². The third kappa shape index (κ3) is 3.99. The molecule has 106 valence electrons. The van der Waals surface area contributed by atoms with Gasteiger partial charge < -0.3 is 25.3 Å². The van der Waals surface area contributed by atoms with Crippen LogP contribution in [-0.2, 0) is 14.3 Å². The summed E-state index contributed by atoms with van der Waals surface area (Å²) in [6.45, 7) is 1.20. The number of benzene rings is 1. The summed E-state index contributed by atoms with van der Waals surface area (Å²) >= 11 is 0. The van der Waals surface area contributed by atoms with E-state index in [9.17, 15) is 4.79 Å². The maximum Gasteiger partial charge on any atom is 0.255 e. The molecule has 1 aliphatic heterocycles. The summed E-state index contributed by atoms with van der Waals surface area (Å²) in [5.41, 5.74) is 6.76. The van der Waals surface area contributed by atoms with Crippen LogP contribution in [0.1, 0.15) is 0 Å². The quantitative estimate of drug-likeness (QED) is 0.813. The van der Waals surface area contributed by atoms with Crippen LogP contribution in [0, 0.1) is 0 Å². The maximum absolute atomic E-state index is 11.9. The fourth-order valence-electron chi connectivity index (χ4n) is 1.62. The van der Waals surface area contributed by atoms with E-state index in [1.165, 1.54) is 0 Å². The largest absolute Gasteiger partial charge is 0.497 e. The number of methoxy groups -OCH3 is 1.